The lowest BCUT2D eigenvalue weighted by molar-refractivity contribution is 0.0283. The van der Waals surface area contributed by atoms with Gasteiger partial charge < -0.3 is 5.32 Å². The van der Waals surface area contributed by atoms with Gasteiger partial charge in [-0.05, 0) is 17.9 Å². The highest BCUT2D eigenvalue weighted by Gasteiger charge is 2.31. The molecule has 0 unspecified atom stereocenters. The van der Waals surface area contributed by atoms with Crippen molar-refractivity contribution in [1.82, 2.24) is 15.1 Å². The third-order valence-electron chi connectivity index (χ3n) is 3.86. The summed E-state index contributed by atoms with van der Waals surface area (Å²) in [6, 6.07) is 5.23. The maximum absolute atomic E-state index is 3.42. The first-order valence-electron chi connectivity index (χ1n) is 6.61. The second kappa shape index (κ2) is 5.48. The Hall–Kier alpha value is -0.420. The van der Waals surface area contributed by atoms with Gasteiger partial charge >= 0.3 is 0 Å². The largest absolute Gasteiger partial charge is 0.314 e. The average Bonchev–Trinajstić information content (AvgIpc) is 2.81. The van der Waals surface area contributed by atoms with Crippen LogP contribution < -0.4 is 5.32 Å². The molecule has 17 heavy (non-hydrogen) atoms. The molecular weight excluding hydrogens is 230 g/mol. The Morgan fingerprint density at radius 1 is 1.29 bits per heavy atom. The minimum atomic E-state index is 0.834. The fraction of sp³-hybridized carbons (Fsp3) is 0.692. The number of nitrogens with zero attached hydrogens (tertiary/aromatic N) is 2. The van der Waals surface area contributed by atoms with E-state index in [-0.39, 0.29) is 0 Å². The quantitative estimate of drug-likeness (QED) is 0.857. The molecule has 0 atom stereocenters. The molecule has 0 aliphatic carbocycles. The minimum Gasteiger partial charge on any atom is -0.314 e. The molecule has 0 spiro atoms. The lowest BCUT2D eigenvalue weighted by Gasteiger charge is -2.46. The van der Waals surface area contributed by atoms with Gasteiger partial charge in [-0.3, -0.25) is 9.80 Å². The van der Waals surface area contributed by atoms with Gasteiger partial charge in [0.25, 0.3) is 0 Å². The number of hydrogen-bond donors (Lipinski definition) is 1. The van der Waals surface area contributed by atoms with E-state index in [2.05, 4.69) is 32.6 Å². The van der Waals surface area contributed by atoms with Crippen molar-refractivity contribution < 1.29 is 0 Å². The van der Waals surface area contributed by atoms with Crippen molar-refractivity contribution in [2.45, 2.75) is 12.5 Å². The van der Waals surface area contributed by atoms with Crippen LogP contribution >= 0.6 is 11.3 Å². The van der Waals surface area contributed by atoms with Gasteiger partial charge in [-0.15, -0.1) is 11.3 Å². The van der Waals surface area contributed by atoms with Crippen LogP contribution in [-0.2, 0) is 6.42 Å². The van der Waals surface area contributed by atoms with Crippen LogP contribution in [0.3, 0.4) is 0 Å². The van der Waals surface area contributed by atoms with Gasteiger partial charge in [-0.1, -0.05) is 6.07 Å². The molecule has 94 valence electrons. The van der Waals surface area contributed by atoms with Crippen molar-refractivity contribution in [2.24, 2.45) is 0 Å². The molecule has 3 heterocycles. The smallest absolute Gasteiger partial charge is 0.0351 e. The van der Waals surface area contributed by atoms with Gasteiger partial charge in [-0.25, -0.2) is 0 Å². The van der Waals surface area contributed by atoms with Crippen LogP contribution in [0, 0.1) is 0 Å². The molecule has 3 nitrogen and oxygen atoms in total. The van der Waals surface area contributed by atoms with Crippen LogP contribution in [0.5, 0.6) is 0 Å². The van der Waals surface area contributed by atoms with E-state index in [1.54, 1.807) is 0 Å². The van der Waals surface area contributed by atoms with Gasteiger partial charge in [0.2, 0.25) is 0 Å². The van der Waals surface area contributed by atoms with E-state index in [0.29, 0.717) is 0 Å². The third-order valence-corrected chi connectivity index (χ3v) is 4.80. The normalized spacial score (nSPS) is 23.8. The first kappa shape index (κ1) is 11.7. The van der Waals surface area contributed by atoms with Crippen LogP contribution in [0.4, 0.5) is 0 Å². The molecule has 1 N–H and O–H groups in total. The monoisotopic (exact) mass is 251 g/mol. The third kappa shape index (κ3) is 2.88. The molecule has 2 saturated heterocycles. The van der Waals surface area contributed by atoms with Gasteiger partial charge in [0, 0.05) is 56.7 Å². The fourth-order valence-electron chi connectivity index (χ4n) is 2.73. The Balaban J connectivity index is 1.36. The molecule has 0 radical (unpaired) electrons. The summed E-state index contributed by atoms with van der Waals surface area (Å²) in [4.78, 5) is 6.76. The lowest BCUT2D eigenvalue weighted by Crippen LogP contribution is -2.62. The van der Waals surface area contributed by atoms with E-state index < -0.39 is 0 Å². The molecule has 2 fully saturated rings. The number of thiophene rings is 1. The Kier molecular flexibility index (Phi) is 3.76. The van der Waals surface area contributed by atoms with E-state index >= 15 is 0 Å². The zero-order chi connectivity index (χ0) is 11.5. The summed E-state index contributed by atoms with van der Waals surface area (Å²) in [7, 11) is 0. The summed E-state index contributed by atoms with van der Waals surface area (Å²) in [6.45, 7) is 8.63. The Labute approximate surface area is 107 Å². The second-order valence-corrected chi connectivity index (χ2v) is 6.06. The Morgan fingerprint density at radius 2 is 2.12 bits per heavy atom. The van der Waals surface area contributed by atoms with Gasteiger partial charge in [0.15, 0.2) is 0 Å². The number of rotatable bonds is 4. The summed E-state index contributed by atoms with van der Waals surface area (Å²) < 4.78 is 0. The predicted octanol–water partition coefficient (Wildman–Crippen LogP) is 0.880. The molecule has 2 aliphatic rings. The molecule has 3 rings (SSSR count). The molecular formula is C13H21N3S. The summed E-state index contributed by atoms with van der Waals surface area (Å²) >= 11 is 1.88. The van der Waals surface area contributed by atoms with Crippen molar-refractivity contribution in [3.05, 3.63) is 22.4 Å². The van der Waals surface area contributed by atoms with Gasteiger partial charge in [0.1, 0.15) is 0 Å². The van der Waals surface area contributed by atoms with Crippen LogP contribution in [-0.4, -0.2) is 61.7 Å². The number of hydrogen-bond acceptors (Lipinski definition) is 4. The summed E-state index contributed by atoms with van der Waals surface area (Å²) in [5, 5.41) is 5.59. The van der Waals surface area contributed by atoms with Gasteiger partial charge in [0.05, 0.1) is 0 Å². The lowest BCUT2D eigenvalue weighted by atomic mass is 10.1. The summed E-state index contributed by atoms with van der Waals surface area (Å²) in [5.74, 6) is 0. The average molecular weight is 251 g/mol. The van der Waals surface area contributed by atoms with E-state index in [1.807, 2.05) is 11.3 Å². The van der Waals surface area contributed by atoms with Crippen LogP contribution in [0.2, 0.25) is 0 Å². The zero-order valence-corrected chi connectivity index (χ0v) is 11.1. The highest BCUT2D eigenvalue weighted by molar-refractivity contribution is 7.09. The molecule has 4 heteroatoms. The van der Waals surface area contributed by atoms with Crippen molar-refractivity contribution in [3.8, 4) is 0 Å². The fourth-order valence-corrected chi connectivity index (χ4v) is 3.42. The predicted molar refractivity (Wildman–Crippen MR) is 72.7 cm³/mol. The molecule has 0 amide bonds. The first-order valence-corrected chi connectivity index (χ1v) is 7.49. The van der Waals surface area contributed by atoms with E-state index in [1.165, 1.54) is 57.1 Å². The molecule has 0 bridgehead atoms. The summed E-state index contributed by atoms with van der Waals surface area (Å²) in [6.07, 6.45) is 1.23. The molecule has 1 aromatic rings. The molecule has 0 saturated carbocycles. The van der Waals surface area contributed by atoms with Crippen molar-refractivity contribution in [3.63, 3.8) is 0 Å². The molecule has 2 aliphatic heterocycles. The van der Waals surface area contributed by atoms with Gasteiger partial charge in [-0.2, -0.15) is 0 Å². The van der Waals surface area contributed by atoms with Crippen molar-refractivity contribution in [1.29, 1.82) is 0 Å². The minimum absolute atomic E-state index is 0.834. The maximum atomic E-state index is 3.42. The zero-order valence-electron chi connectivity index (χ0n) is 10.3. The topological polar surface area (TPSA) is 18.5 Å². The van der Waals surface area contributed by atoms with Crippen molar-refractivity contribution >= 4 is 11.3 Å². The van der Waals surface area contributed by atoms with Crippen molar-refractivity contribution in [2.75, 3.05) is 45.8 Å². The van der Waals surface area contributed by atoms with Crippen LogP contribution in [0.1, 0.15) is 4.88 Å². The second-order valence-electron chi connectivity index (χ2n) is 5.03. The van der Waals surface area contributed by atoms with E-state index in [4.69, 9.17) is 0 Å². The Bertz CT molecular complexity index is 326. The highest BCUT2D eigenvalue weighted by atomic mass is 32.1. The standard InChI is InChI=1S/C13H21N3S/c1-2-13(17-9-1)3-6-15-10-12(11-15)16-7-4-14-5-8-16/h1-2,9,12,14H,3-8,10-11H2. The van der Waals surface area contributed by atoms with E-state index in [0.717, 1.165) is 6.04 Å². The first-order chi connectivity index (χ1) is 8.42. The number of nitrogens with one attached hydrogen (secondary N) is 1. The maximum Gasteiger partial charge on any atom is 0.0351 e. The SMILES string of the molecule is c1csc(CCN2CC(N3CCNCC3)C2)c1. The number of likely N-dealkylation sites (tertiary alicyclic amines) is 1. The van der Waals surface area contributed by atoms with Crippen LogP contribution in [0.25, 0.3) is 0 Å². The summed E-state index contributed by atoms with van der Waals surface area (Å²) in [5.41, 5.74) is 0. The Morgan fingerprint density at radius 3 is 2.82 bits per heavy atom. The molecule has 1 aromatic heterocycles. The van der Waals surface area contributed by atoms with E-state index in [9.17, 15) is 0 Å². The molecule has 0 aromatic carbocycles. The highest BCUT2D eigenvalue weighted by Crippen LogP contribution is 2.17. The number of piperazine rings is 1. The van der Waals surface area contributed by atoms with Crippen LogP contribution in [0.15, 0.2) is 17.5 Å².